The first-order valence-corrected chi connectivity index (χ1v) is 23.5. The number of hydrogen-bond acceptors (Lipinski definition) is 9. The average molecular weight is 772 g/mol. The largest absolute Gasteiger partial charge is 0.508 e. The van der Waals surface area contributed by atoms with E-state index in [2.05, 4.69) is 29.4 Å². The van der Waals surface area contributed by atoms with Crippen LogP contribution in [0.15, 0.2) is 76.5 Å². The zero-order chi connectivity index (χ0) is 37.9. The molecule has 3 aromatic carbocycles. The van der Waals surface area contributed by atoms with Crippen LogP contribution < -0.4 is 20.3 Å². The second kappa shape index (κ2) is 18.5. The van der Waals surface area contributed by atoms with Crippen molar-refractivity contribution in [3.05, 3.63) is 72.3 Å². The molecular weight excluding hydrogens is 718 g/mol. The molecule has 0 spiro atoms. The predicted octanol–water partition coefficient (Wildman–Crippen LogP) is 7.77. The molecule has 2 atom stereocenters. The van der Waals surface area contributed by atoms with Crippen LogP contribution in [0.1, 0.15) is 70.9 Å². The number of thioether (sulfide) groups is 1. The molecule has 0 saturated carbocycles. The Hall–Kier alpha value is -3.47. The van der Waals surface area contributed by atoms with Gasteiger partial charge in [0.15, 0.2) is 16.4 Å². The summed E-state index contributed by atoms with van der Waals surface area (Å²) in [6.07, 6.45) is 8.11. The molecule has 284 valence electrons. The number of amides is 2. The second-order valence-corrected chi connectivity index (χ2v) is 20.3. The molecule has 0 aromatic heterocycles. The molecule has 4 rings (SSSR count). The van der Waals surface area contributed by atoms with Gasteiger partial charge in [-0.05, 0) is 67.8 Å². The Morgan fingerprint density at radius 1 is 1.02 bits per heavy atom. The quantitative estimate of drug-likeness (QED) is 0.0874. The van der Waals surface area contributed by atoms with Gasteiger partial charge in [-0.1, -0.05) is 76.8 Å². The highest BCUT2D eigenvalue weighted by Crippen LogP contribution is 2.48. The fraction of sp³-hybridized carbons (Fsp3) is 0.487. The molecule has 0 aliphatic carbocycles. The number of carbonyl (C=O) groups excluding carboxylic acids is 2. The Balaban J connectivity index is 1.65. The lowest BCUT2D eigenvalue weighted by atomic mass is 9.79. The first-order chi connectivity index (χ1) is 24.8. The molecular formula is C39H54N3O7PS2. The lowest BCUT2D eigenvalue weighted by Gasteiger charge is -2.37. The van der Waals surface area contributed by atoms with E-state index in [0.29, 0.717) is 35.0 Å². The SMILES string of the molecule is CCCCC1(CCCC)CN(c2ccccc2)c2cc(SC)c(OCC(=O)NC(C(=O)NCCP(C)(=O)CC)c3ccc(O)cc3)cc2S(=O)(=O)C1. The van der Waals surface area contributed by atoms with Crippen LogP contribution in [0.2, 0.25) is 0 Å². The molecule has 10 nitrogen and oxygen atoms in total. The Labute approximate surface area is 313 Å². The van der Waals surface area contributed by atoms with Gasteiger partial charge >= 0.3 is 0 Å². The number of nitrogens with one attached hydrogen (secondary N) is 2. The van der Waals surface area contributed by atoms with Gasteiger partial charge in [-0.15, -0.1) is 11.8 Å². The normalized spacial score (nSPS) is 16.5. The van der Waals surface area contributed by atoms with Gasteiger partial charge < -0.3 is 29.9 Å². The molecule has 1 heterocycles. The van der Waals surface area contributed by atoms with E-state index in [-0.39, 0.29) is 28.7 Å². The van der Waals surface area contributed by atoms with Crippen LogP contribution in [-0.4, -0.2) is 76.0 Å². The number of para-hydroxylation sites is 1. The van der Waals surface area contributed by atoms with E-state index < -0.39 is 46.9 Å². The maximum atomic E-state index is 14.4. The summed E-state index contributed by atoms with van der Waals surface area (Å²) in [5, 5.41) is 15.3. The Bertz CT molecular complexity index is 1810. The van der Waals surface area contributed by atoms with Crippen molar-refractivity contribution in [2.24, 2.45) is 5.41 Å². The fourth-order valence-corrected chi connectivity index (χ4v) is 10.1. The molecule has 3 N–H and O–H groups in total. The number of phenols is 1. The van der Waals surface area contributed by atoms with Crippen LogP contribution >= 0.6 is 18.9 Å². The number of aromatic hydroxyl groups is 1. The number of phenolic OH excluding ortho intramolecular Hbond substituents is 1. The molecule has 52 heavy (non-hydrogen) atoms. The Morgan fingerprint density at radius 3 is 2.27 bits per heavy atom. The first-order valence-electron chi connectivity index (χ1n) is 18.1. The minimum absolute atomic E-state index is 0.00832. The summed E-state index contributed by atoms with van der Waals surface area (Å²) in [5.74, 6) is -0.807. The third kappa shape index (κ3) is 10.8. The summed E-state index contributed by atoms with van der Waals surface area (Å²) in [6, 6.07) is 18.1. The number of fused-ring (bicyclic) bond motifs is 1. The van der Waals surface area contributed by atoms with E-state index in [4.69, 9.17) is 4.74 Å². The van der Waals surface area contributed by atoms with Gasteiger partial charge in [0.25, 0.3) is 5.91 Å². The third-order valence-electron chi connectivity index (χ3n) is 9.76. The van der Waals surface area contributed by atoms with Crippen LogP contribution in [0.5, 0.6) is 11.5 Å². The van der Waals surface area contributed by atoms with E-state index in [9.17, 15) is 27.7 Å². The average Bonchev–Trinajstić information content (AvgIpc) is 3.22. The van der Waals surface area contributed by atoms with Crippen LogP contribution in [0.4, 0.5) is 11.4 Å². The summed E-state index contributed by atoms with van der Waals surface area (Å²) in [7, 11) is -6.17. The van der Waals surface area contributed by atoms with Crippen LogP contribution in [-0.2, 0) is 24.0 Å². The third-order valence-corrected chi connectivity index (χ3v) is 15.0. The highest BCUT2D eigenvalue weighted by molar-refractivity contribution is 7.98. The summed E-state index contributed by atoms with van der Waals surface area (Å²) in [5.41, 5.74) is 1.49. The Kier molecular flexibility index (Phi) is 14.7. The fourth-order valence-electron chi connectivity index (χ4n) is 6.57. The summed E-state index contributed by atoms with van der Waals surface area (Å²) >= 11 is 1.39. The minimum atomic E-state index is -3.79. The highest BCUT2D eigenvalue weighted by Gasteiger charge is 2.42. The zero-order valence-electron chi connectivity index (χ0n) is 31.0. The van der Waals surface area contributed by atoms with Crippen molar-refractivity contribution >= 4 is 51.9 Å². The van der Waals surface area contributed by atoms with E-state index in [0.717, 1.165) is 44.2 Å². The lowest BCUT2D eigenvalue weighted by molar-refractivity contribution is -0.130. The number of hydrogen-bond donors (Lipinski definition) is 3. The first kappa shape index (κ1) is 41.3. The number of rotatable bonds is 18. The van der Waals surface area contributed by atoms with E-state index >= 15 is 0 Å². The number of ether oxygens (including phenoxy) is 1. The minimum Gasteiger partial charge on any atom is -0.508 e. The highest BCUT2D eigenvalue weighted by atomic mass is 32.2. The van der Waals surface area contributed by atoms with Gasteiger partial charge in [0.05, 0.1) is 28.4 Å². The summed E-state index contributed by atoms with van der Waals surface area (Å²) < 4.78 is 47.4. The topological polar surface area (TPSA) is 142 Å². The number of benzene rings is 3. The maximum absolute atomic E-state index is 14.4. The van der Waals surface area contributed by atoms with Gasteiger partial charge in [0, 0.05) is 36.4 Å². The molecule has 0 bridgehead atoms. The molecule has 13 heteroatoms. The molecule has 2 unspecified atom stereocenters. The molecule has 0 radical (unpaired) electrons. The predicted molar refractivity (Wildman–Crippen MR) is 212 cm³/mol. The standard InChI is InChI=1S/C39H54N3O7PS2/c1-6-9-20-39(21-10-7-2)27-42(30-14-12-11-13-15-30)32-24-34(51-5)33(25-35(32)52(47,48)28-39)49-26-36(44)41-37(29-16-18-31(43)19-17-29)38(45)40-22-23-50(4,46)8-3/h11-19,24-25,37,43H,6-10,20-23,26-28H2,1-5H3,(H,40,45)(H,41,44). The van der Waals surface area contributed by atoms with E-state index in [1.807, 2.05) is 49.6 Å². The van der Waals surface area contributed by atoms with Crippen molar-refractivity contribution in [3.8, 4) is 11.5 Å². The van der Waals surface area contributed by atoms with Crippen molar-refractivity contribution in [1.82, 2.24) is 10.6 Å². The van der Waals surface area contributed by atoms with E-state index in [1.165, 1.54) is 23.9 Å². The lowest BCUT2D eigenvalue weighted by Crippen LogP contribution is -2.42. The van der Waals surface area contributed by atoms with Crippen molar-refractivity contribution in [3.63, 3.8) is 0 Å². The number of unbranched alkanes of at least 4 members (excludes halogenated alkanes) is 2. The molecule has 3 aromatic rings. The molecule has 1 aliphatic rings. The van der Waals surface area contributed by atoms with Crippen molar-refractivity contribution in [1.29, 1.82) is 0 Å². The number of carbonyl (C=O) groups is 2. The van der Waals surface area contributed by atoms with Crippen molar-refractivity contribution in [2.45, 2.75) is 75.1 Å². The van der Waals surface area contributed by atoms with Gasteiger partial charge in [-0.3, -0.25) is 9.59 Å². The maximum Gasteiger partial charge on any atom is 0.258 e. The number of sulfone groups is 1. The van der Waals surface area contributed by atoms with Crippen molar-refractivity contribution in [2.75, 3.05) is 55.6 Å². The van der Waals surface area contributed by atoms with E-state index in [1.54, 1.807) is 24.9 Å². The number of nitrogens with zero attached hydrogens (tertiary/aromatic N) is 1. The van der Waals surface area contributed by atoms with Crippen LogP contribution in [0.25, 0.3) is 0 Å². The summed E-state index contributed by atoms with van der Waals surface area (Å²) in [4.78, 5) is 29.7. The molecule has 2 amide bonds. The number of anilines is 2. The zero-order valence-corrected chi connectivity index (χ0v) is 33.5. The van der Waals surface area contributed by atoms with Gasteiger partial charge in [-0.2, -0.15) is 0 Å². The van der Waals surface area contributed by atoms with Crippen molar-refractivity contribution < 1.29 is 32.4 Å². The molecule has 0 fully saturated rings. The Morgan fingerprint density at radius 2 is 1.67 bits per heavy atom. The van der Waals surface area contributed by atoms with Gasteiger partial charge in [0.1, 0.15) is 17.5 Å². The molecule has 1 aliphatic heterocycles. The van der Waals surface area contributed by atoms with Gasteiger partial charge in [-0.25, -0.2) is 8.42 Å². The summed E-state index contributed by atoms with van der Waals surface area (Å²) in [6.45, 7) is 8.06. The van der Waals surface area contributed by atoms with Gasteiger partial charge in [0.2, 0.25) is 5.91 Å². The van der Waals surface area contributed by atoms with Crippen LogP contribution in [0, 0.1) is 5.41 Å². The van der Waals surface area contributed by atoms with Crippen LogP contribution in [0.3, 0.4) is 0 Å². The monoisotopic (exact) mass is 771 g/mol. The second-order valence-electron chi connectivity index (χ2n) is 13.9. The molecule has 0 saturated heterocycles. The smallest absolute Gasteiger partial charge is 0.258 e.